The van der Waals surface area contributed by atoms with Gasteiger partial charge < -0.3 is 10.2 Å². The molecule has 1 aliphatic carbocycles. The quantitative estimate of drug-likeness (QED) is 0.947. The summed E-state index contributed by atoms with van der Waals surface area (Å²) in [5.74, 6) is -0.00724. The minimum Gasteiger partial charge on any atom is -0.372 e. The first kappa shape index (κ1) is 14.3. The van der Waals surface area contributed by atoms with Crippen molar-refractivity contribution in [3.8, 4) is 0 Å². The second kappa shape index (κ2) is 5.72. The molecule has 0 unspecified atom stereocenters. The van der Waals surface area contributed by atoms with Crippen molar-refractivity contribution < 1.29 is 4.79 Å². The predicted molar refractivity (Wildman–Crippen MR) is 89.8 cm³/mol. The third-order valence-corrected chi connectivity index (χ3v) is 5.02. The number of likely N-dealkylation sites (N-methyl/N-ethyl adjacent to an activating group) is 1. The first-order valence-corrected chi connectivity index (χ1v) is 8.36. The Morgan fingerprint density at radius 1 is 1.26 bits per heavy atom. The van der Waals surface area contributed by atoms with Gasteiger partial charge in [-0.15, -0.1) is 0 Å². The van der Waals surface area contributed by atoms with E-state index in [-0.39, 0.29) is 11.9 Å². The number of para-hydroxylation sites is 1. The number of hydrogen-bond donors (Lipinski definition) is 1. The van der Waals surface area contributed by atoms with Crippen molar-refractivity contribution in [2.45, 2.75) is 37.8 Å². The van der Waals surface area contributed by atoms with Gasteiger partial charge in [-0.2, -0.15) is 5.10 Å². The van der Waals surface area contributed by atoms with E-state index in [1.54, 1.807) is 6.20 Å². The Hall–Kier alpha value is -2.30. The Bertz CT molecular complexity index is 719. The van der Waals surface area contributed by atoms with E-state index in [4.69, 9.17) is 0 Å². The predicted octanol–water partition coefficient (Wildman–Crippen LogP) is 2.40. The SMILES string of the molecule is CN1C[C@@H](NC(=O)c2ccnn2C2CCC2)Cc2ccccc21. The van der Waals surface area contributed by atoms with Crippen LogP contribution in [0.25, 0.3) is 0 Å². The molecule has 0 bridgehead atoms. The van der Waals surface area contributed by atoms with E-state index in [0.717, 1.165) is 25.8 Å². The Labute approximate surface area is 136 Å². The normalized spacial score (nSPS) is 20.7. The highest BCUT2D eigenvalue weighted by molar-refractivity contribution is 5.92. The smallest absolute Gasteiger partial charge is 0.269 e. The fourth-order valence-electron chi connectivity index (χ4n) is 3.59. The summed E-state index contributed by atoms with van der Waals surface area (Å²) < 4.78 is 1.90. The second-order valence-electron chi connectivity index (χ2n) is 6.63. The Kier molecular flexibility index (Phi) is 3.56. The van der Waals surface area contributed by atoms with E-state index < -0.39 is 0 Å². The zero-order valence-corrected chi connectivity index (χ0v) is 13.4. The molecule has 4 rings (SSSR count). The van der Waals surface area contributed by atoms with Crippen molar-refractivity contribution in [1.29, 1.82) is 0 Å². The van der Waals surface area contributed by atoms with Crippen molar-refractivity contribution in [1.82, 2.24) is 15.1 Å². The number of amides is 1. The van der Waals surface area contributed by atoms with E-state index in [2.05, 4.69) is 46.6 Å². The van der Waals surface area contributed by atoms with Crippen LogP contribution < -0.4 is 10.2 Å². The third kappa shape index (κ3) is 2.60. The molecule has 120 valence electrons. The van der Waals surface area contributed by atoms with E-state index in [1.165, 1.54) is 17.7 Å². The van der Waals surface area contributed by atoms with Crippen LogP contribution in [0.3, 0.4) is 0 Å². The molecule has 2 heterocycles. The van der Waals surface area contributed by atoms with Gasteiger partial charge >= 0.3 is 0 Å². The molecule has 0 saturated heterocycles. The maximum atomic E-state index is 12.7. The molecule has 0 radical (unpaired) electrons. The molecular weight excluding hydrogens is 288 g/mol. The number of anilines is 1. The van der Waals surface area contributed by atoms with Gasteiger partial charge in [0, 0.05) is 25.5 Å². The van der Waals surface area contributed by atoms with E-state index in [0.29, 0.717) is 11.7 Å². The molecule has 1 fully saturated rings. The van der Waals surface area contributed by atoms with Crippen molar-refractivity contribution in [2.75, 3.05) is 18.5 Å². The highest BCUT2D eigenvalue weighted by Gasteiger charge is 2.27. The molecule has 1 saturated carbocycles. The van der Waals surface area contributed by atoms with Gasteiger partial charge in [-0.25, -0.2) is 0 Å². The molecule has 1 aromatic heterocycles. The first-order chi connectivity index (χ1) is 11.2. The number of rotatable bonds is 3. The molecule has 5 nitrogen and oxygen atoms in total. The number of benzene rings is 1. The van der Waals surface area contributed by atoms with Crippen molar-refractivity contribution in [2.24, 2.45) is 0 Å². The summed E-state index contributed by atoms with van der Waals surface area (Å²) in [6, 6.07) is 10.8. The van der Waals surface area contributed by atoms with Crippen molar-refractivity contribution >= 4 is 11.6 Å². The maximum absolute atomic E-state index is 12.7. The van der Waals surface area contributed by atoms with Crippen LogP contribution in [-0.2, 0) is 6.42 Å². The van der Waals surface area contributed by atoms with Crippen LogP contribution in [0, 0.1) is 0 Å². The molecule has 0 spiro atoms. The fourth-order valence-corrected chi connectivity index (χ4v) is 3.59. The lowest BCUT2D eigenvalue weighted by Gasteiger charge is -2.34. The molecule has 1 aromatic carbocycles. The van der Waals surface area contributed by atoms with Crippen molar-refractivity contribution in [3.63, 3.8) is 0 Å². The topological polar surface area (TPSA) is 50.2 Å². The number of carbonyl (C=O) groups is 1. The standard InChI is InChI=1S/C18H22N4O/c1-21-12-14(11-13-5-2-3-8-16(13)21)20-18(23)17-9-10-19-22(17)15-6-4-7-15/h2-3,5,8-10,14-15H,4,6-7,11-12H2,1H3,(H,20,23)/t14-/m0/s1. The van der Waals surface area contributed by atoms with Gasteiger partial charge in [-0.3, -0.25) is 9.48 Å². The number of nitrogens with zero attached hydrogens (tertiary/aromatic N) is 3. The molecular formula is C18H22N4O. The highest BCUT2D eigenvalue weighted by Crippen LogP contribution is 2.32. The molecule has 1 atom stereocenters. The number of hydrogen-bond acceptors (Lipinski definition) is 3. The van der Waals surface area contributed by atoms with Crippen LogP contribution in [0.15, 0.2) is 36.5 Å². The maximum Gasteiger partial charge on any atom is 0.269 e. The van der Waals surface area contributed by atoms with Crippen LogP contribution in [-0.4, -0.2) is 35.3 Å². The summed E-state index contributed by atoms with van der Waals surface area (Å²) >= 11 is 0. The average molecular weight is 310 g/mol. The summed E-state index contributed by atoms with van der Waals surface area (Å²) in [6.45, 7) is 0.834. The first-order valence-electron chi connectivity index (χ1n) is 8.36. The summed E-state index contributed by atoms with van der Waals surface area (Å²) in [4.78, 5) is 14.9. The number of fused-ring (bicyclic) bond motifs is 1. The second-order valence-corrected chi connectivity index (χ2v) is 6.63. The van der Waals surface area contributed by atoms with Crippen LogP contribution in [0.5, 0.6) is 0 Å². The minimum atomic E-state index is -0.00724. The molecule has 2 aromatic rings. The van der Waals surface area contributed by atoms with E-state index >= 15 is 0 Å². The number of aromatic nitrogens is 2. The zero-order valence-electron chi connectivity index (χ0n) is 13.4. The largest absolute Gasteiger partial charge is 0.372 e. The van der Waals surface area contributed by atoms with Crippen LogP contribution in [0.4, 0.5) is 5.69 Å². The Morgan fingerprint density at radius 2 is 2.09 bits per heavy atom. The zero-order chi connectivity index (χ0) is 15.8. The van der Waals surface area contributed by atoms with Gasteiger partial charge in [0.05, 0.1) is 12.1 Å². The fraction of sp³-hybridized carbons (Fsp3) is 0.444. The lowest BCUT2D eigenvalue weighted by Crippen LogP contribution is -2.47. The van der Waals surface area contributed by atoms with Gasteiger partial charge in [-0.1, -0.05) is 18.2 Å². The summed E-state index contributed by atoms with van der Waals surface area (Å²) in [6.07, 6.45) is 6.10. The molecule has 2 aliphatic rings. The number of nitrogens with one attached hydrogen (secondary N) is 1. The highest BCUT2D eigenvalue weighted by atomic mass is 16.2. The summed E-state index contributed by atoms with van der Waals surface area (Å²) in [5, 5.41) is 7.54. The van der Waals surface area contributed by atoms with E-state index in [1.807, 2.05) is 10.7 Å². The van der Waals surface area contributed by atoms with Gasteiger partial charge in [0.1, 0.15) is 5.69 Å². The van der Waals surface area contributed by atoms with Gasteiger partial charge in [-0.05, 0) is 43.4 Å². The van der Waals surface area contributed by atoms with Crippen LogP contribution in [0.1, 0.15) is 41.4 Å². The van der Waals surface area contributed by atoms with Crippen LogP contribution in [0.2, 0.25) is 0 Å². The van der Waals surface area contributed by atoms with Gasteiger partial charge in [0.2, 0.25) is 0 Å². The summed E-state index contributed by atoms with van der Waals surface area (Å²) in [5.41, 5.74) is 3.24. The lowest BCUT2D eigenvalue weighted by atomic mass is 9.93. The van der Waals surface area contributed by atoms with Gasteiger partial charge in [0.15, 0.2) is 0 Å². The lowest BCUT2D eigenvalue weighted by molar-refractivity contribution is 0.0918. The molecule has 5 heteroatoms. The number of carbonyl (C=O) groups excluding carboxylic acids is 1. The average Bonchev–Trinajstić information content (AvgIpc) is 2.94. The van der Waals surface area contributed by atoms with E-state index in [9.17, 15) is 4.79 Å². The Balaban J connectivity index is 1.49. The molecule has 1 amide bonds. The van der Waals surface area contributed by atoms with Crippen molar-refractivity contribution in [3.05, 3.63) is 47.8 Å². The van der Waals surface area contributed by atoms with Gasteiger partial charge in [0.25, 0.3) is 5.91 Å². The Morgan fingerprint density at radius 3 is 2.87 bits per heavy atom. The third-order valence-electron chi connectivity index (χ3n) is 5.02. The molecule has 1 N–H and O–H groups in total. The summed E-state index contributed by atoms with van der Waals surface area (Å²) in [7, 11) is 2.08. The van der Waals surface area contributed by atoms with Crippen LogP contribution >= 0.6 is 0 Å². The monoisotopic (exact) mass is 310 g/mol. The minimum absolute atomic E-state index is 0.00724. The molecule has 23 heavy (non-hydrogen) atoms. The molecule has 1 aliphatic heterocycles.